The van der Waals surface area contributed by atoms with E-state index in [1.165, 1.54) is 0 Å². The molecule has 106 valence electrons. The van der Waals surface area contributed by atoms with Crippen LogP contribution in [-0.4, -0.2) is 22.2 Å². The molecule has 1 aromatic carbocycles. The molecule has 6 nitrogen and oxygen atoms in total. The van der Waals surface area contributed by atoms with E-state index in [4.69, 9.17) is 9.26 Å². The van der Waals surface area contributed by atoms with E-state index in [0.717, 1.165) is 11.4 Å². The lowest BCUT2D eigenvalue weighted by molar-refractivity contribution is 0.243. The van der Waals surface area contributed by atoms with Crippen LogP contribution in [0.1, 0.15) is 5.89 Å². The van der Waals surface area contributed by atoms with Gasteiger partial charge in [-0.1, -0.05) is 11.2 Å². The Morgan fingerprint density at radius 1 is 1.14 bits per heavy atom. The number of rotatable bonds is 5. The normalized spacial score (nSPS) is 10.3. The number of nitrogens with one attached hydrogen (secondary N) is 1. The number of pyridine rings is 1. The van der Waals surface area contributed by atoms with Crippen molar-refractivity contribution < 1.29 is 9.26 Å². The van der Waals surface area contributed by atoms with Crippen LogP contribution in [0.4, 0.5) is 5.69 Å². The summed E-state index contributed by atoms with van der Waals surface area (Å²) in [5, 5.41) is 6.93. The Bertz CT molecular complexity index is 695. The summed E-state index contributed by atoms with van der Waals surface area (Å²) in [5.74, 6) is 1.61. The molecule has 21 heavy (non-hydrogen) atoms. The molecule has 0 spiro atoms. The van der Waals surface area contributed by atoms with Gasteiger partial charge >= 0.3 is 0 Å². The van der Waals surface area contributed by atoms with Crippen LogP contribution in [0.5, 0.6) is 5.75 Å². The molecule has 3 aromatic rings. The summed E-state index contributed by atoms with van der Waals surface area (Å²) in [6.45, 7) is 0.221. The second kappa shape index (κ2) is 6.04. The van der Waals surface area contributed by atoms with Gasteiger partial charge in [0, 0.05) is 18.9 Å². The molecule has 3 rings (SSSR count). The van der Waals surface area contributed by atoms with Gasteiger partial charge in [0.1, 0.15) is 11.4 Å². The van der Waals surface area contributed by atoms with Crippen LogP contribution in [0.3, 0.4) is 0 Å². The molecule has 0 amide bonds. The number of nitrogens with zero attached hydrogens (tertiary/aromatic N) is 3. The third kappa shape index (κ3) is 3.17. The maximum Gasteiger partial charge on any atom is 0.264 e. The monoisotopic (exact) mass is 282 g/mol. The minimum atomic E-state index is 0.221. The van der Waals surface area contributed by atoms with Gasteiger partial charge in [-0.15, -0.1) is 0 Å². The first-order valence-corrected chi connectivity index (χ1v) is 6.50. The third-order valence-electron chi connectivity index (χ3n) is 2.87. The summed E-state index contributed by atoms with van der Waals surface area (Å²) >= 11 is 0. The maximum absolute atomic E-state index is 5.60. The van der Waals surface area contributed by atoms with Crippen LogP contribution in [0.15, 0.2) is 53.2 Å². The van der Waals surface area contributed by atoms with E-state index >= 15 is 0 Å². The first kappa shape index (κ1) is 13.1. The molecule has 6 heteroatoms. The van der Waals surface area contributed by atoms with Gasteiger partial charge in [0.25, 0.3) is 5.89 Å². The Labute approximate surface area is 121 Å². The molecular formula is C15H14N4O2. The van der Waals surface area contributed by atoms with Crippen LogP contribution in [0, 0.1) is 0 Å². The van der Waals surface area contributed by atoms with Crippen LogP contribution >= 0.6 is 0 Å². The SMILES string of the molecule is CNc1ccc(OCc2nc(-c3ccccn3)no2)cc1. The standard InChI is InChI=1S/C15H14N4O2/c1-16-11-5-7-12(8-6-11)20-10-14-18-15(19-21-14)13-4-2-3-9-17-13/h2-9,16H,10H2,1H3. The second-order valence-corrected chi connectivity index (χ2v) is 4.29. The van der Waals surface area contributed by atoms with E-state index < -0.39 is 0 Å². The Kier molecular flexibility index (Phi) is 3.77. The van der Waals surface area contributed by atoms with Gasteiger partial charge < -0.3 is 14.6 Å². The first-order chi connectivity index (χ1) is 10.3. The lowest BCUT2D eigenvalue weighted by Gasteiger charge is -2.04. The predicted molar refractivity (Wildman–Crippen MR) is 77.8 cm³/mol. The van der Waals surface area contributed by atoms with Crippen LogP contribution < -0.4 is 10.1 Å². The van der Waals surface area contributed by atoms with E-state index in [1.54, 1.807) is 6.20 Å². The van der Waals surface area contributed by atoms with Crippen molar-refractivity contribution in [3.05, 3.63) is 54.6 Å². The summed E-state index contributed by atoms with van der Waals surface area (Å²) in [4.78, 5) is 8.42. The molecule has 1 N–H and O–H groups in total. The summed E-state index contributed by atoms with van der Waals surface area (Å²) in [6.07, 6.45) is 1.69. The highest BCUT2D eigenvalue weighted by atomic mass is 16.5. The van der Waals surface area contributed by atoms with Crippen molar-refractivity contribution in [3.8, 4) is 17.3 Å². The lowest BCUT2D eigenvalue weighted by atomic mass is 10.3. The van der Waals surface area contributed by atoms with E-state index in [0.29, 0.717) is 17.4 Å². The lowest BCUT2D eigenvalue weighted by Crippen LogP contribution is -1.96. The molecule has 0 saturated carbocycles. The topological polar surface area (TPSA) is 73.1 Å². The van der Waals surface area contributed by atoms with E-state index in [9.17, 15) is 0 Å². The molecule has 0 atom stereocenters. The van der Waals surface area contributed by atoms with Crippen molar-refractivity contribution >= 4 is 5.69 Å². The zero-order valence-electron chi connectivity index (χ0n) is 11.5. The average Bonchev–Trinajstić information content (AvgIpc) is 3.03. The molecule has 0 bridgehead atoms. The molecule has 0 radical (unpaired) electrons. The van der Waals surface area contributed by atoms with Gasteiger partial charge in [0.15, 0.2) is 6.61 Å². The van der Waals surface area contributed by atoms with Crippen molar-refractivity contribution in [1.29, 1.82) is 0 Å². The minimum Gasteiger partial charge on any atom is -0.484 e. The number of hydrogen-bond donors (Lipinski definition) is 1. The number of aromatic nitrogens is 3. The number of benzene rings is 1. The van der Waals surface area contributed by atoms with Crippen LogP contribution in [0.25, 0.3) is 11.5 Å². The second-order valence-electron chi connectivity index (χ2n) is 4.29. The fraction of sp³-hybridized carbons (Fsp3) is 0.133. The van der Waals surface area contributed by atoms with Crippen molar-refractivity contribution in [2.75, 3.05) is 12.4 Å². The summed E-state index contributed by atoms with van der Waals surface area (Å²) in [6, 6.07) is 13.2. The number of hydrogen-bond acceptors (Lipinski definition) is 6. The first-order valence-electron chi connectivity index (χ1n) is 6.50. The maximum atomic E-state index is 5.60. The predicted octanol–water partition coefficient (Wildman–Crippen LogP) is 2.75. The molecule has 0 aliphatic rings. The fourth-order valence-electron chi connectivity index (χ4n) is 1.78. The number of anilines is 1. The Morgan fingerprint density at radius 2 is 2.00 bits per heavy atom. The average molecular weight is 282 g/mol. The molecule has 0 fully saturated rings. The number of ether oxygens (including phenoxy) is 1. The summed E-state index contributed by atoms with van der Waals surface area (Å²) in [5.41, 5.74) is 1.70. The minimum absolute atomic E-state index is 0.221. The van der Waals surface area contributed by atoms with Crippen molar-refractivity contribution in [2.24, 2.45) is 0 Å². The Hall–Kier alpha value is -2.89. The molecule has 0 aliphatic heterocycles. The zero-order valence-corrected chi connectivity index (χ0v) is 11.5. The van der Waals surface area contributed by atoms with E-state index in [-0.39, 0.29) is 6.61 Å². The summed E-state index contributed by atoms with van der Waals surface area (Å²) < 4.78 is 10.7. The van der Waals surface area contributed by atoms with Crippen LogP contribution in [0.2, 0.25) is 0 Å². The van der Waals surface area contributed by atoms with Gasteiger partial charge in [0.05, 0.1) is 0 Å². The Morgan fingerprint density at radius 3 is 2.71 bits per heavy atom. The van der Waals surface area contributed by atoms with Crippen molar-refractivity contribution in [2.45, 2.75) is 6.61 Å². The third-order valence-corrected chi connectivity index (χ3v) is 2.87. The van der Waals surface area contributed by atoms with Gasteiger partial charge in [0.2, 0.25) is 5.82 Å². The largest absolute Gasteiger partial charge is 0.484 e. The van der Waals surface area contributed by atoms with Gasteiger partial charge in [-0.05, 0) is 36.4 Å². The van der Waals surface area contributed by atoms with E-state index in [1.807, 2.05) is 49.5 Å². The highest BCUT2D eigenvalue weighted by molar-refractivity contribution is 5.47. The van der Waals surface area contributed by atoms with E-state index in [2.05, 4.69) is 20.4 Å². The molecule has 0 saturated heterocycles. The Balaban J connectivity index is 1.64. The quantitative estimate of drug-likeness (QED) is 0.775. The highest BCUT2D eigenvalue weighted by Crippen LogP contribution is 2.17. The molecule has 2 aromatic heterocycles. The van der Waals surface area contributed by atoms with Crippen LogP contribution in [-0.2, 0) is 6.61 Å². The van der Waals surface area contributed by atoms with Crippen molar-refractivity contribution in [3.63, 3.8) is 0 Å². The zero-order chi connectivity index (χ0) is 14.5. The molecule has 0 aliphatic carbocycles. The van der Waals surface area contributed by atoms with Gasteiger partial charge in [-0.2, -0.15) is 4.98 Å². The molecule has 0 unspecified atom stereocenters. The molecule has 2 heterocycles. The fourth-order valence-corrected chi connectivity index (χ4v) is 1.78. The van der Waals surface area contributed by atoms with Gasteiger partial charge in [-0.25, -0.2) is 0 Å². The highest BCUT2D eigenvalue weighted by Gasteiger charge is 2.09. The summed E-state index contributed by atoms with van der Waals surface area (Å²) in [7, 11) is 1.87. The van der Waals surface area contributed by atoms with Crippen molar-refractivity contribution in [1.82, 2.24) is 15.1 Å². The van der Waals surface area contributed by atoms with Gasteiger partial charge in [-0.3, -0.25) is 4.98 Å². The molecular weight excluding hydrogens is 268 g/mol. The smallest absolute Gasteiger partial charge is 0.264 e.